The van der Waals surface area contributed by atoms with E-state index in [1.54, 1.807) is 11.8 Å². The van der Waals surface area contributed by atoms with Gasteiger partial charge in [-0.15, -0.1) is 0 Å². The fourth-order valence-corrected chi connectivity index (χ4v) is 2.01. The third-order valence-corrected chi connectivity index (χ3v) is 2.73. The van der Waals surface area contributed by atoms with Gasteiger partial charge in [-0.2, -0.15) is 0 Å². The summed E-state index contributed by atoms with van der Waals surface area (Å²) in [5.41, 5.74) is 0. The van der Waals surface area contributed by atoms with E-state index in [0.717, 1.165) is 0 Å². The van der Waals surface area contributed by atoms with E-state index in [4.69, 9.17) is 10.2 Å². The second-order valence-corrected chi connectivity index (χ2v) is 4.51. The summed E-state index contributed by atoms with van der Waals surface area (Å²) in [4.78, 5) is 1.55. The van der Waals surface area contributed by atoms with Gasteiger partial charge in [-0.3, -0.25) is 4.90 Å². The second kappa shape index (κ2) is 8.89. The molecule has 6 nitrogen and oxygen atoms in total. The molecule has 0 heterocycles. The zero-order chi connectivity index (χ0) is 11.2. The second-order valence-electron chi connectivity index (χ2n) is 3.06. The normalized spacial score (nSPS) is 13.7. The molecule has 0 amide bonds. The minimum atomic E-state index is -4.26. The van der Waals surface area contributed by atoms with Crippen molar-refractivity contribution in [2.75, 3.05) is 32.1 Å². The van der Waals surface area contributed by atoms with Crippen molar-refractivity contribution >= 4 is 10.1 Å². The molecule has 0 bridgehead atoms. The monoisotopic (exact) mass is 249 g/mol. The van der Waals surface area contributed by atoms with Crippen molar-refractivity contribution in [3.8, 4) is 0 Å². The maximum Gasteiger partial charge on any atom is 1.00 e. The molecule has 1 atom stereocenters. The molecule has 0 saturated heterocycles. The molecule has 0 saturated carbocycles. The summed E-state index contributed by atoms with van der Waals surface area (Å²) < 4.78 is 31.3. The Hall–Kier alpha value is 0.790. The molecule has 0 aromatic carbocycles. The Labute approximate surface area is 112 Å². The number of rotatable bonds is 7. The van der Waals surface area contributed by atoms with E-state index in [0.29, 0.717) is 0 Å². The number of hydrogen-bond donors (Lipinski definition) is 2. The van der Waals surface area contributed by atoms with E-state index in [1.807, 2.05) is 0 Å². The van der Waals surface area contributed by atoms with E-state index < -0.39 is 21.9 Å². The smallest absolute Gasteiger partial charge is 0.748 e. The molecular formula is C7H16NNaO5S. The van der Waals surface area contributed by atoms with Gasteiger partial charge in [-0.25, -0.2) is 8.42 Å². The van der Waals surface area contributed by atoms with Crippen LogP contribution in [0.3, 0.4) is 0 Å². The van der Waals surface area contributed by atoms with Gasteiger partial charge in [0.25, 0.3) is 0 Å². The van der Waals surface area contributed by atoms with Crippen molar-refractivity contribution in [2.24, 2.45) is 0 Å². The van der Waals surface area contributed by atoms with Crippen LogP contribution in [0.5, 0.6) is 0 Å². The first kappa shape index (κ1) is 18.2. The molecule has 86 valence electrons. The van der Waals surface area contributed by atoms with Crippen LogP contribution in [0.25, 0.3) is 0 Å². The molecule has 0 aliphatic heterocycles. The molecule has 8 heteroatoms. The third kappa shape index (κ3) is 9.70. The van der Waals surface area contributed by atoms with E-state index >= 15 is 0 Å². The molecular weight excluding hydrogens is 233 g/mol. The van der Waals surface area contributed by atoms with E-state index in [9.17, 15) is 13.0 Å². The number of aliphatic hydroxyl groups is 2. The fraction of sp³-hybridized carbons (Fsp3) is 1.00. The Balaban J connectivity index is 0. The van der Waals surface area contributed by atoms with E-state index in [1.165, 1.54) is 0 Å². The SMILES string of the molecule is CC(CS(=O)(=O)[O-])N(CCO)CCO.[Na+]. The van der Waals surface area contributed by atoms with Gasteiger partial charge < -0.3 is 14.8 Å². The molecule has 2 N–H and O–H groups in total. The molecule has 0 aliphatic carbocycles. The van der Waals surface area contributed by atoms with Gasteiger partial charge in [0.2, 0.25) is 0 Å². The Morgan fingerprint density at radius 2 is 1.67 bits per heavy atom. The molecule has 15 heavy (non-hydrogen) atoms. The summed E-state index contributed by atoms with van der Waals surface area (Å²) >= 11 is 0. The molecule has 0 aliphatic rings. The predicted molar refractivity (Wildman–Crippen MR) is 49.8 cm³/mol. The van der Waals surface area contributed by atoms with Gasteiger partial charge in [-0.1, -0.05) is 0 Å². The zero-order valence-corrected chi connectivity index (χ0v) is 11.9. The predicted octanol–water partition coefficient (Wildman–Crippen LogP) is -4.79. The number of hydrogen-bond acceptors (Lipinski definition) is 6. The zero-order valence-electron chi connectivity index (χ0n) is 9.09. The quantitative estimate of drug-likeness (QED) is 0.347. The molecule has 0 fully saturated rings. The topological polar surface area (TPSA) is 101 Å². The molecule has 0 aromatic rings. The Kier molecular flexibility index (Phi) is 10.8. The van der Waals surface area contributed by atoms with Crippen LogP contribution in [0.1, 0.15) is 6.92 Å². The van der Waals surface area contributed by atoms with Gasteiger partial charge in [-0.05, 0) is 6.92 Å². The summed E-state index contributed by atoms with van der Waals surface area (Å²) in [6.07, 6.45) is 0. The Morgan fingerprint density at radius 1 is 1.27 bits per heavy atom. The maximum atomic E-state index is 10.4. The molecule has 0 spiro atoms. The van der Waals surface area contributed by atoms with Crippen LogP contribution in [-0.2, 0) is 10.1 Å². The first-order chi connectivity index (χ1) is 6.40. The van der Waals surface area contributed by atoms with Crippen molar-refractivity contribution in [2.45, 2.75) is 13.0 Å². The summed E-state index contributed by atoms with van der Waals surface area (Å²) in [5, 5.41) is 17.3. The van der Waals surface area contributed by atoms with Crippen LogP contribution in [-0.4, -0.2) is 66.2 Å². The van der Waals surface area contributed by atoms with E-state index in [2.05, 4.69) is 0 Å². The summed E-state index contributed by atoms with van der Waals surface area (Å²) in [6.45, 7) is 1.79. The van der Waals surface area contributed by atoms with Gasteiger partial charge >= 0.3 is 29.6 Å². The minimum absolute atomic E-state index is 0. The Bertz CT molecular complexity index is 240. The van der Waals surface area contributed by atoms with Crippen LogP contribution in [0.15, 0.2) is 0 Å². The van der Waals surface area contributed by atoms with Crippen molar-refractivity contribution in [1.29, 1.82) is 0 Å². The average molecular weight is 249 g/mol. The number of nitrogens with zero attached hydrogens (tertiary/aromatic N) is 1. The van der Waals surface area contributed by atoms with E-state index in [-0.39, 0.29) is 55.9 Å². The number of aliphatic hydroxyl groups excluding tert-OH is 2. The van der Waals surface area contributed by atoms with Crippen molar-refractivity contribution in [3.05, 3.63) is 0 Å². The summed E-state index contributed by atoms with van der Waals surface area (Å²) in [5.74, 6) is -0.507. The first-order valence-electron chi connectivity index (χ1n) is 4.30. The van der Waals surface area contributed by atoms with Gasteiger partial charge in [0.05, 0.1) is 29.1 Å². The molecule has 0 radical (unpaired) electrons. The van der Waals surface area contributed by atoms with Crippen LogP contribution in [0.4, 0.5) is 0 Å². The minimum Gasteiger partial charge on any atom is -0.748 e. The van der Waals surface area contributed by atoms with Crippen LogP contribution < -0.4 is 29.6 Å². The van der Waals surface area contributed by atoms with Crippen LogP contribution in [0, 0.1) is 0 Å². The van der Waals surface area contributed by atoms with Crippen molar-refractivity contribution in [3.63, 3.8) is 0 Å². The average Bonchev–Trinajstić information content (AvgIpc) is 2.01. The van der Waals surface area contributed by atoms with Gasteiger partial charge in [0.15, 0.2) is 0 Å². The molecule has 0 rings (SSSR count). The summed E-state index contributed by atoms with van der Waals surface area (Å²) in [6, 6.07) is -0.489. The third-order valence-electron chi connectivity index (χ3n) is 1.84. The van der Waals surface area contributed by atoms with Gasteiger partial charge in [0.1, 0.15) is 0 Å². The molecule has 1 unspecified atom stereocenters. The standard InChI is InChI=1S/C7H17NO5S.Na/c1-7(6-14(11,12)13)8(2-4-9)3-5-10;/h7,9-10H,2-6H2,1H3,(H,11,12,13);/q;+1/p-1. The fourth-order valence-electron chi connectivity index (χ4n) is 1.21. The van der Waals surface area contributed by atoms with Crippen molar-refractivity contribution in [1.82, 2.24) is 4.90 Å². The maximum absolute atomic E-state index is 10.4. The Morgan fingerprint density at radius 3 is 1.93 bits per heavy atom. The molecule has 0 aromatic heterocycles. The van der Waals surface area contributed by atoms with Gasteiger partial charge in [0, 0.05) is 19.1 Å². The van der Waals surface area contributed by atoms with Crippen molar-refractivity contribution < 1.29 is 52.7 Å². The summed E-state index contributed by atoms with van der Waals surface area (Å²) in [7, 11) is -4.26. The largest absolute Gasteiger partial charge is 1.00 e. The first-order valence-corrected chi connectivity index (χ1v) is 5.87. The van der Waals surface area contributed by atoms with Crippen LogP contribution >= 0.6 is 0 Å². The van der Waals surface area contributed by atoms with Crippen LogP contribution in [0.2, 0.25) is 0 Å².